The molecule has 5 nitrogen and oxygen atoms in total. The summed E-state index contributed by atoms with van der Waals surface area (Å²) in [6, 6.07) is 1.19. The predicted octanol–water partition coefficient (Wildman–Crippen LogP) is 1.28. The molecule has 0 aliphatic carbocycles. The van der Waals surface area contributed by atoms with Crippen molar-refractivity contribution in [3.05, 3.63) is 22.2 Å². The van der Waals surface area contributed by atoms with Crippen molar-refractivity contribution in [2.24, 2.45) is 5.73 Å². The third-order valence-electron chi connectivity index (χ3n) is 2.48. The molecule has 1 aromatic rings. The Kier molecular flexibility index (Phi) is 3.58. The van der Waals surface area contributed by atoms with Gasteiger partial charge >= 0.3 is 0 Å². The minimum Gasteiger partial charge on any atom is -0.380 e. The Labute approximate surface area is 106 Å². The van der Waals surface area contributed by atoms with E-state index in [1.807, 2.05) is 0 Å². The summed E-state index contributed by atoms with van der Waals surface area (Å²) in [5.74, 6) is -1.25. The monoisotopic (exact) mass is 303 g/mol. The lowest BCUT2D eigenvalue weighted by atomic mass is 10.2. The number of nitrogens with two attached hydrogens (primary N) is 1. The van der Waals surface area contributed by atoms with Crippen LogP contribution < -0.4 is 11.1 Å². The molecule has 2 heterocycles. The largest absolute Gasteiger partial charge is 0.380 e. The maximum absolute atomic E-state index is 13.3. The summed E-state index contributed by atoms with van der Waals surface area (Å²) in [4.78, 5) is 14.9. The van der Waals surface area contributed by atoms with Crippen LogP contribution in [0.1, 0.15) is 16.9 Å². The second-order valence-electron chi connectivity index (χ2n) is 3.68. The average Bonchev–Trinajstić information content (AvgIpc) is 2.20. The molecule has 92 valence electrons. The second-order valence-corrected chi connectivity index (χ2v) is 4.43. The summed E-state index contributed by atoms with van der Waals surface area (Å²) in [6.45, 7) is 1.24. The number of carbonyl (C=O) groups excluding carboxylic acids is 1. The van der Waals surface area contributed by atoms with E-state index in [0.29, 0.717) is 6.54 Å². The molecule has 0 aromatic carbocycles. The number of nitrogens with zero attached hydrogens (tertiary/aromatic N) is 1. The number of primary amides is 1. The van der Waals surface area contributed by atoms with Crippen molar-refractivity contribution in [1.29, 1.82) is 0 Å². The van der Waals surface area contributed by atoms with Gasteiger partial charge < -0.3 is 15.8 Å². The van der Waals surface area contributed by atoms with Crippen LogP contribution >= 0.6 is 15.9 Å². The highest BCUT2D eigenvalue weighted by atomic mass is 79.9. The van der Waals surface area contributed by atoms with E-state index in [-0.39, 0.29) is 22.1 Å². The van der Waals surface area contributed by atoms with Crippen LogP contribution in [0.4, 0.5) is 10.1 Å². The second kappa shape index (κ2) is 4.97. The fraction of sp³-hybridized carbons (Fsp3) is 0.400. The number of carbonyl (C=O) groups is 1. The normalized spacial score (nSPS) is 18.6. The van der Waals surface area contributed by atoms with E-state index in [1.165, 1.54) is 6.07 Å². The number of pyridine rings is 1. The zero-order valence-electron chi connectivity index (χ0n) is 8.87. The highest BCUT2D eigenvalue weighted by Gasteiger charge is 2.20. The fourth-order valence-electron chi connectivity index (χ4n) is 1.46. The van der Waals surface area contributed by atoms with Gasteiger partial charge in [-0.3, -0.25) is 4.79 Å². The highest BCUT2D eigenvalue weighted by molar-refractivity contribution is 9.10. The van der Waals surface area contributed by atoms with E-state index in [9.17, 15) is 9.18 Å². The van der Waals surface area contributed by atoms with Crippen LogP contribution in [0.15, 0.2) is 10.7 Å². The summed E-state index contributed by atoms with van der Waals surface area (Å²) >= 11 is 2.91. The molecule has 1 aromatic heterocycles. The lowest BCUT2D eigenvalue weighted by molar-refractivity contribution is -0.0410. The molecule has 3 N–H and O–H groups in total. The predicted molar refractivity (Wildman–Crippen MR) is 63.3 cm³/mol. The van der Waals surface area contributed by atoms with E-state index >= 15 is 0 Å². The van der Waals surface area contributed by atoms with Crippen LogP contribution in [0, 0.1) is 5.82 Å². The molecule has 1 aliphatic heterocycles. The lowest BCUT2D eigenvalue weighted by Gasteiger charge is -2.27. The number of halogens is 2. The minimum atomic E-state index is -0.706. The third kappa shape index (κ3) is 2.73. The quantitative estimate of drug-likeness (QED) is 0.822. The number of anilines is 1. The van der Waals surface area contributed by atoms with Gasteiger partial charge in [-0.25, -0.2) is 9.37 Å². The lowest BCUT2D eigenvalue weighted by Crippen LogP contribution is -2.34. The van der Waals surface area contributed by atoms with E-state index in [1.54, 1.807) is 0 Å². The SMILES string of the molecule is NC(=O)c1nc(Br)c(F)cc1NC[C@@H]1CCO1. The summed E-state index contributed by atoms with van der Waals surface area (Å²) in [6.07, 6.45) is 1.05. The van der Waals surface area contributed by atoms with E-state index in [2.05, 4.69) is 26.2 Å². The minimum absolute atomic E-state index is 0.0117. The Morgan fingerprint density at radius 3 is 3.00 bits per heavy atom. The van der Waals surface area contributed by atoms with E-state index in [4.69, 9.17) is 10.5 Å². The Morgan fingerprint density at radius 2 is 2.47 bits per heavy atom. The van der Waals surface area contributed by atoms with Gasteiger partial charge in [-0.2, -0.15) is 0 Å². The van der Waals surface area contributed by atoms with Crippen LogP contribution in [-0.4, -0.2) is 30.1 Å². The zero-order valence-corrected chi connectivity index (χ0v) is 10.5. The molecule has 17 heavy (non-hydrogen) atoms. The maximum atomic E-state index is 13.3. The zero-order chi connectivity index (χ0) is 12.4. The Hall–Kier alpha value is -1.21. The first kappa shape index (κ1) is 12.3. The molecule has 1 atom stereocenters. The summed E-state index contributed by atoms with van der Waals surface area (Å²) in [5, 5.41) is 2.92. The van der Waals surface area contributed by atoms with Crippen molar-refractivity contribution in [3.8, 4) is 0 Å². The van der Waals surface area contributed by atoms with Gasteiger partial charge in [0.15, 0.2) is 11.5 Å². The smallest absolute Gasteiger partial charge is 0.269 e. The molecule has 1 aliphatic rings. The van der Waals surface area contributed by atoms with Gasteiger partial charge in [0.25, 0.3) is 5.91 Å². The first-order valence-electron chi connectivity index (χ1n) is 5.09. The third-order valence-corrected chi connectivity index (χ3v) is 3.04. The van der Waals surface area contributed by atoms with Gasteiger partial charge in [0.05, 0.1) is 11.8 Å². The fourth-order valence-corrected chi connectivity index (χ4v) is 1.75. The van der Waals surface area contributed by atoms with Crippen molar-refractivity contribution in [3.63, 3.8) is 0 Å². The van der Waals surface area contributed by atoms with Gasteiger partial charge in [-0.15, -0.1) is 0 Å². The number of ether oxygens (including phenoxy) is 1. The van der Waals surface area contributed by atoms with Crippen molar-refractivity contribution in [2.75, 3.05) is 18.5 Å². The molecule has 0 unspecified atom stereocenters. The van der Waals surface area contributed by atoms with Gasteiger partial charge in [0.2, 0.25) is 0 Å². The molecule has 0 spiro atoms. The number of amides is 1. The van der Waals surface area contributed by atoms with Gasteiger partial charge in [0.1, 0.15) is 4.60 Å². The highest BCUT2D eigenvalue weighted by Crippen LogP contribution is 2.21. The summed E-state index contributed by atoms with van der Waals surface area (Å²) in [5.41, 5.74) is 5.47. The van der Waals surface area contributed by atoms with Crippen molar-refractivity contribution < 1.29 is 13.9 Å². The van der Waals surface area contributed by atoms with Crippen LogP contribution in [0.3, 0.4) is 0 Å². The summed E-state index contributed by atoms with van der Waals surface area (Å²) in [7, 11) is 0. The molecule has 0 saturated carbocycles. The van der Waals surface area contributed by atoms with E-state index in [0.717, 1.165) is 13.0 Å². The van der Waals surface area contributed by atoms with Crippen LogP contribution in [0.25, 0.3) is 0 Å². The Balaban J connectivity index is 2.17. The molecular weight excluding hydrogens is 293 g/mol. The molecule has 0 bridgehead atoms. The number of nitrogens with one attached hydrogen (secondary N) is 1. The first-order chi connectivity index (χ1) is 8.08. The van der Waals surface area contributed by atoms with Crippen LogP contribution in [0.2, 0.25) is 0 Å². The summed E-state index contributed by atoms with van der Waals surface area (Å²) < 4.78 is 18.5. The van der Waals surface area contributed by atoms with Gasteiger partial charge in [-0.05, 0) is 22.4 Å². The number of hydrogen-bond acceptors (Lipinski definition) is 4. The number of hydrogen-bond donors (Lipinski definition) is 2. The van der Waals surface area contributed by atoms with E-state index < -0.39 is 11.7 Å². The average molecular weight is 304 g/mol. The molecule has 1 saturated heterocycles. The van der Waals surface area contributed by atoms with Gasteiger partial charge in [0, 0.05) is 19.2 Å². The van der Waals surface area contributed by atoms with Crippen molar-refractivity contribution >= 4 is 27.5 Å². The Bertz CT molecular complexity index is 451. The van der Waals surface area contributed by atoms with Gasteiger partial charge in [-0.1, -0.05) is 0 Å². The van der Waals surface area contributed by atoms with Crippen LogP contribution in [0.5, 0.6) is 0 Å². The molecule has 0 radical (unpaired) electrons. The van der Waals surface area contributed by atoms with Crippen molar-refractivity contribution in [1.82, 2.24) is 4.98 Å². The number of aromatic nitrogens is 1. The molecule has 1 amide bonds. The Morgan fingerprint density at radius 1 is 1.76 bits per heavy atom. The first-order valence-corrected chi connectivity index (χ1v) is 5.88. The van der Waals surface area contributed by atoms with Crippen LogP contribution in [-0.2, 0) is 4.74 Å². The number of rotatable bonds is 4. The standard InChI is InChI=1S/C10H11BrFN3O2/c11-9-6(12)3-7(8(15-9)10(13)16)14-4-5-1-2-17-5/h3,5,14H,1-2,4H2,(H2,13,16)/t5-/m0/s1. The molecule has 1 fully saturated rings. The molecule has 2 rings (SSSR count). The van der Waals surface area contributed by atoms with Crippen molar-refractivity contribution in [2.45, 2.75) is 12.5 Å². The molecular formula is C10H11BrFN3O2. The maximum Gasteiger partial charge on any atom is 0.269 e. The molecule has 7 heteroatoms. The topological polar surface area (TPSA) is 77.2 Å².